The Morgan fingerprint density at radius 3 is 1.83 bits per heavy atom. The van der Waals surface area contributed by atoms with Crippen LogP contribution < -0.4 is 0 Å². The molecule has 0 N–H and O–H groups in total. The number of hydrogen-bond donors (Lipinski definition) is 0. The van der Waals surface area contributed by atoms with Gasteiger partial charge in [0.1, 0.15) is 11.2 Å². The average molecular weight is 632 g/mol. The maximum absolute atomic E-state index is 6.71. The summed E-state index contributed by atoms with van der Waals surface area (Å²) in [5.74, 6) is 1.87. The molecule has 224 valence electrons. The van der Waals surface area contributed by atoms with Crippen LogP contribution in [0.5, 0.6) is 0 Å². The van der Waals surface area contributed by atoms with E-state index in [1.807, 2.05) is 72.0 Å². The Morgan fingerprint density at radius 2 is 1.06 bits per heavy atom. The molecule has 3 heterocycles. The van der Waals surface area contributed by atoms with Crippen molar-refractivity contribution in [1.82, 2.24) is 15.0 Å². The molecule has 4 nitrogen and oxygen atoms in total. The zero-order valence-electron chi connectivity index (χ0n) is 25.6. The number of aromatic nitrogens is 3. The van der Waals surface area contributed by atoms with E-state index in [4.69, 9.17) is 19.4 Å². The lowest BCUT2D eigenvalue weighted by molar-refractivity contribution is 0.670. The van der Waals surface area contributed by atoms with Crippen molar-refractivity contribution in [1.29, 1.82) is 0 Å². The molecule has 0 aliphatic heterocycles. The largest absolute Gasteiger partial charge is 0.455 e. The summed E-state index contributed by atoms with van der Waals surface area (Å²) in [7, 11) is 0. The Morgan fingerprint density at radius 1 is 0.417 bits per heavy atom. The van der Waals surface area contributed by atoms with E-state index in [0.717, 1.165) is 49.8 Å². The highest BCUT2D eigenvalue weighted by Gasteiger charge is 2.17. The molecule has 0 bridgehead atoms. The van der Waals surface area contributed by atoms with Crippen LogP contribution in [0.4, 0.5) is 0 Å². The predicted molar refractivity (Wildman–Crippen MR) is 199 cm³/mol. The van der Waals surface area contributed by atoms with Gasteiger partial charge in [-0.25, -0.2) is 15.0 Å². The molecule has 10 rings (SSSR count). The normalized spacial score (nSPS) is 11.8. The van der Waals surface area contributed by atoms with E-state index in [-0.39, 0.29) is 0 Å². The molecule has 0 saturated heterocycles. The molecular formula is C43H25N3OS. The fraction of sp³-hybridized carbons (Fsp3) is 0. The van der Waals surface area contributed by atoms with Crippen LogP contribution in [0.3, 0.4) is 0 Å². The summed E-state index contributed by atoms with van der Waals surface area (Å²) in [6.45, 7) is 0. The van der Waals surface area contributed by atoms with E-state index >= 15 is 0 Å². The fourth-order valence-electron chi connectivity index (χ4n) is 6.82. The molecule has 0 radical (unpaired) electrons. The van der Waals surface area contributed by atoms with Gasteiger partial charge < -0.3 is 4.42 Å². The minimum atomic E-state index is 0.604. The minimum absolute atomic E-state index is 0.604. The average Bonchev–Trinajstić information content (AvgIpc) is 3.73. The Hall–Kier alpha value is -6.17. The van der Waals surface area contributed by atoms with Crippen LogP contribution in [0, 0.1) is 0 Å². The molecular weight excluding hydrogens is 607 g/mol. The van der Waals surface area contributed by atoms with Crippen LogP contribution in [-0.4, -0.2) is 15.0 Å². The molecule has 10 aromatic rings. The highest BCUT2D eigenvalue weighted by Crippen LogP contribution is 2.42. The van der Waals surface area contributed by atoms with Gasteiger partial charge in [0.25, 0.3) is 0 Å². The van der Waals surface area contributed by atoms with Crippen molar-refractivity contribution in [2.75, 3.05) is 0 Å². The lowest BCUT2D eigenvalue weighted by Gasteiger charge is -2.08. The van der Waals surface area contributed by atoms with Crippen LogP contribution in [0.25, 0.3) is 98.2 Å². The number of benzene rings is 7. The zero-order valence-corrected chi connectivity index (χ0v) is 26.4. The number of nitrogens with zero attached hydrogens (tertiary/aromatic N) is 3. The molecule has 0 unspecified atom stereocenters. The number of para-hydroxylation sites is 1. The number of rotatable bonds is 4. The van der Waals surface area contributed by atoms with Gasteiger partial charge in [0.15, 0.2) is 17.5 Å². The first-order chi connectivity index (χ1) is 23.8. The molecule has 0 spiro atoms. The molecule has 0 amide bonds. The molecule has 3 aromatic heterocycles. The second-order valence-electron chi connectivity index (χ2n) is 12.0. The van der Waals surface area contributed by atoms with E-state index in [1.54, 1.807) is 0 Å². The van der Waals surface area contributed by atoms with E-state index in [2.05, 4.69) is 91.0 Å². The van der Waals surface area contributed by atoms with Gasteiger partial charge in [-0.3, -0.25) is 0 Å². The van der Waals surface area contributed by atoms with Crippen molar-refractivity contribution in [3.8, 4) is 45.3 Å². The van der Waals surface area contributed by atoms with Gasteiger partial charge in [0.05, 0.1) is 0 Å². The summed E-state index contributed by atoms with van der Waals surface area (Å²) in [5, 5.41) is 7.29. The van der Waals surface area contributed by atoms with Gasteiger partial charge in [-0.1, -0.05) is 121 Å². The molecule has 0 aliphatic carbocycles. The van der Waals surface area contributed by atoms with Crippen molar-refractivity contribution in [3.63, 3.8) is 0 Å². The lowest BCUT2D eigenvalue weighted by atomic mass is 9.98. The fourth-order valence-corrected chi connectivity index (χ4v) is 7.92. The Bertz CT molecular complexity index is 2780. The van der Waals surface area contributed by atoms with E-state index in [9.17, 15) is 0 Å². The van der Waals surface area contributed by atoms with Crippen LogP contribution in [0.1, 0.15) is 0 Å². The third-order valence-corrected chi connectivity index (χ3v) is 10.3. The first-order valence-electron chi connectivity index (χ1n) is 15.9. The Labute approximate surface area is 279 Å². The monoisotopic (exact) mass is 631 g/mol. The number of fused-ring (bicyclic) bond motifs is 8. The van der Waals surface area contributed by atoms with E-state index in [0.29, 0.717) is 17.5 Å². The maximum atomic E-state index is 6.71. The molecule has 0 fully saturated rings. The number of thiophene rings is 1. The quantitative estimate of drug-likeness (QED) is 0.194. The topological polar surface area (TPSA) is 51.8 Å². The van der Waals surface area contributed by atoms with Crippen LogP contribution in [0.15, 0.2) is 156 Å². The summed E-state index contributed by atoms with van der Waals surface area (Å²) in [6.07, 6.45) is 0. The third-order valence-electron chi connectivity index (χ3n) is 9.13. The predicted octanol–water partition coefficient (Wildman–Crippen LogP) is 12.0. The molecule has 48 heavy (non-hydrogen) atoms. The summed E-state index contributed by atoms with van der Waals surface area (Å²) in [5.41, 5.74) is 6.64. The van der Waals surface area contributed by atoms with E-state index < -0.39 is 0 Å². The second kappa shape index (κ2) is 10.7. The Balaban J connectivity index is 1.13. The molecule has 0 atom stereocenters. The molecule has 7 aromatic carbocycles. The highest BCUT2D eigenvalue weighted by atomic mass is 32.1. The second-order valence-corrected chi connectivity index (χ2v) is 13.1. The standard InChI is InChI=1S/C43H25N3OS/c1-3-11-27(12-4-1)41-44-42(28-13-5-2-6-14-28)46-43(45-41)30-18-21-33-34-17-9-16-32(40(34)47-36(33)25-30)29-20-22-37-35(24-29)39-31-15-8-7-10-26(31)19-23-38(39)48-37/h1-25H. The van der Waals surface area contributed by atoms with Crippen molar-refractivity contribution in [2.45, 2.75) is 0 Å². The van der Waals surface area contributed by atoms with Crippen LogP contribution in [-0.2, 0) is 0 Å². The molecule has 0 aliphatic rings. The van der Waals surface area contributed by atoms with Crippen molar-refractivity contribution >= 4 is 64.2 Å². The van der Waals surface area contributed by atoms with Gasteiger partial charge in [-0.15, -0.1) is 11.3 Å². The SMILES string of the molecule is c1ccc(-c2nc(-c3ccccc3)nc(-c3ccc4c(c3)oc3c(-c5ccc6sc7ccc8ccccc8c7c6c5)cccc34)n2)cc1. The van der Waals surface area contributed by atoms with Crippen LogP contribution >= 0.6 is 11.3 Å². The van der Waals surface area contributed by atoms with Gasteiger partial charge in [-0.05, 0) is 46.7 Å². The third kappa shape index (κ3) is 4.33. The maximum Gasteiger partial charge on any atom is 0.164 e. The first-order valence-corrected chi connectivity index (χ1v) is 16.8. The summed E-state index contributed by atoms with van der Waals surface area (Å²) in [4.78, 5) is 14.7. The minimum Gasteiger partial charge on any atom is -0.455 e. The number of hydrogen-bond acceptors (Lipinski definition) is 5. The highest BCUT2D eigenvalue weighted by molar-refractivity contribution is 7.26. The van der Waals surface area contributed by atoms with Gasteiger partial charge in [0.2, 0.25) is 0 Å². The summed E-state index contributed by atoms with van der Waals surface area (Å²) >= 11 is 1.85. The molecule has 5 heteroatoms. The van der Waals surface area contributed by atoms with Crippen molar-refractivity contribution in [2.24, 2.45) is 0 Å². The van der Waals surface area contributed by atoms with E-state index in [1.165, 1.54) is 30.9 Å². The first kappa shape index (κ1) is 27.0. The Kier molecular flexibility index (Phi) is 6.01. The summed E-state index contributed by atoms with van der Waals surface area (Å²) < 4.78 is 9.30. The van der Waals surface area contributed by atoms with Gasteiger partial charge >= 0.3 is 0 Å². The van der Waals surface area contributed by atoms with Crippen LogP contribution in [0.2, 0.25) is 0 Å². The smallest absolute Gasteiger partial charge is 0.164 e. The van der Waals surface area contributed by atoms with Gasteiger partial charge in [0, 0.05) is 53.2 Å². The summed E-state index contributed by atoms with van der Waals surface area (Å²) in [6, 6.07) is 52.7. The number of furan rings is 1. The van der Waals surface area contributed by atoms with Crippen molar-refractivity contribution < 1.29 is 4.42 Å². The zero-order chi connectivity index (χ0) is 31.6. The lowest BCUT2D eigenvalue weighted by Crippen LogP contribution is -2.00. The van der Waals surface area contributed by atoms with Crippen molar-refractivity contribution in [3.05, 3.63) is 152 Å². The molecule has 0 saturated carbocycles. The van der Waals surface area contributed by atoms with Gasteiger partial charge in [-0.2, -0.15) is 0 Å².